The molecule has 0 radical (unpaired) electrons. The zero-order valence-corrected chi connectivity index (χ0v) is 44.3. The number of rotatable bonds is 23. The van der Waals surface area contributed by atoms with Gasteiger partial charge in [0.15, 0.2) is 5.78 Å². The lowest BCUT2D eigenvalue weighted by Gasteiger charge is -2.16. The third kappa shape index (κ3) is 16.5. The molecule has 0 aliphatic rings. The number of ketones is 1. The minimum Gasteiger partial charge on any atom is -0.462 e. The number of benzene rings is 6. The van der Waals surface area contributed by atoms with Crippen LogP contribution in [0.4, 0.5) is 17.1 Å². The number of hydrogen-bond donors (Lipinski definition) is 4. The van der Waals surface area contributed by atoms with Crippen LogP contribution in [0.25, 0.3) is 0 Å². The average molecular weight is 1070 g/mol. The number of nitrogens with one attached hydrogen (secondary N) is 4. The fourth-order valence-corrected chi connectivity index (χ4v) is 7.24. The van der Waals surface area contributed by atoms with Gasteiger partial charge in [0.25, 0.3) is 23.6 Å². The highest BCUT2D eigenvalue weighted by molar-refractivity contribution is 6.13. The molecule has 6 rings (SSSR count). The number of aryl methyl sites for hydroxylation is 1. The number of anilines is 3. The fourth-order valence-electron chi connectivity index (χ4n) is 7.24. The van der Waals surface area contributed by atoms with Crippen LogP contribution in [0.3, 0.4) is 0 Å². The molecule has 0 bridgehead atoms. The molecule has 6 aromatic rings. The number of carbonyl (C=O) groups is 9. The molecular formula is C61H58N4O14. The largest absolute Gasteiger partial charge is 0.462 e. The summed E-state index contributed by atoms with van der Waals surface area (Å²) < 4.78 is 27.4. The second kappa shape index (κ2) is 27.2. The minimum absolute atomic E-state index is 0.0399. The van der Waals surface area contributed by atoms with Gasteiger partial charge in [0, 0.05) is 70.4 Å². The Morgan fingerprint density at radius 2 is 0.810 bits per heavy atom. The van der Waals surface area contributed by atoms with E-state index >= 15 is 0 Å². The normalized spacial score (nSPS) is 11.3. The first kappa shape index (κ1) is 58.3. The molecule has 0 aromatic heterocycles. The molecule has 0 aliphatic carbocycles. The molecule has 0 fully saturated rings. The van der Waals surface area contributed by atoms with Gasteiger partial charge in [0.05, 0.1) is 35.5 Å². The topological polar surface area (TPSA) is 248 Å². The second-order valence-corrected chi connectivity index (χ2v) is 18.2. The molecule has 18 heteroatoms. The van der Waals surface area contributed by atoms with Crippen molar-refractivity contribution in [1.29, 1.82) is 0 Å². The van der Waals surface area contributed by atoms with Gasteiger partial charge in [-0.25, -0.2) is 19.2 Å². The van der Waals surface area contributed by atoms with Gasteiger partial charge in [-0.1, -0.05) is 30.9 Å². The number of amides is 4. The van der Waals surface area contributed by atoms with Gasteiger partial charge in [0.2, 0.25) is 0 Å². The van der Waals surface area contributed by atoms with Gasteiger partial charge >= 0.3 is 23.9 Å². The van der Waals surface area contributed by atoms with Crippen molar-refractivity contribution in [1.82, 2.24) is 5.32 Å². The monoisotopic (exact) mass is 1070 g/mol. The van der Waals surface area contributed by atoms with Crippen molar-refractivity contribution in [3.63, 3.8) is 0 Å². The van der Waals surface area contributed by atoms with Gasteiger partial charge in [-0.3, -0.25) is 24.0 Å². The summed E-state index contributed by atoms with van der Waals surface area (Å²) >= 11 is 0. The summed E-state index contributed by atoms with van der Waals surface area (Å²) in [5, 5.41) is 10.8. The van der Waals surface area contributed by atoms with Gasteiger partial charge < -0.3 is 45.0 Å². The van der Waals surface area contributed by atoms with E-state index in [9.17, 15) is 43.2 Å². The maximum atomic E-state index is 14.1. The molecule has 4 N–H and O–H groups in total. The highest BCUT2D eigenvalue weighted by Crippen LogP contribution is 2.29. The molecule has 0 saturated carbocycles. The zero-order chi connectivity index (χ0) is 57.3. The molecule has 79 heavy (non-hydrogen) atoms. The number of carbonyl (C=O) groups excluding carboxylic acids is 9. The van der Waals surface area contributed by atoms with Crippen LogP contribution in [-0.4, -0.2) is 85.8 Å². The van der Waals surface area contributed by atoms with Crippen LogP contribution in [0.1, 0.15) is 124 Å². The first-order valence-corrected chi connectivity index (χ1v) is 24.8. The molecule has 0 aliphatic heterocycles. The zero-order valence-electron chi connectivity index (χ0n) is 44.3. The molecular weight excluding hydrogens is 1010 g/mol. The summed E-state index contributed by atoms with van der Waals surface area (Å²) in [7, 11) is 1.37. The standard InChI is InChI=1S/C61H58N4O14/c1-35(2)58(71)77-38(6)29-31-75-60(73)49-27-25-47(33-51(49)56(69)62-8)79-48-26-28-50(61(74)76-32-30-39(7)78-59(72)36(3)4)52(34-48)57(70)65-46-23-17-43(18-24-46)55(68)64-45-21-15-41(16-22-45)53(66)40-13-19-44(20-14-40)63-54(67)42-11-9-37(5)10-12-42/h9-28,33-34,38-39H,1,3,29-32H2,2,4-8H3,(H,62,69)(H,63,67)(H,64,68)(H,65,70). The Hall–Kier alpha value is -9.97. The molecule has 406 valence electrons. The third-order valence-corrected chi connectivity index (χ3v) is 11.7. The van der Waals surface area contributed by atoms with Crippen LogP contribution in [0, 0.1) is 6.92 Å². The first-order chi connectivity index (χ1) is 37.7. The second-order valence-electron chi connectivity index (χ2n) is 18.2. The Morgan fingerprint density at radius 1 is 0.456 bits per heavy atom. The molecule has 0 heterocycles. The Balaban J connectivity index is 1.12. The summed E-state index contributed by atoms with van der Waals surface area (Å²) in [5.74, 6) is -5.24. The van der Waals surface area contributed by atoms with E-state index in [0.717, 1.165) is 5.56 Å². The smallest absolute Gasteiger partial charge is 0.338 e. The summed E-state index contributed by atoms with van der Waals surface area (Å²) in [6.45, 7) is 15.0. The van der Waals surface area contributed by atoms with Crippen molar-refractivity contribution in [3.05, 3.63) is 208 Å². The highest BCUT2D eigenvalue weighted by Gasteiger charge is 2.24. The van der Waals surface area contributed by atoms with E-state index in [1.807, 2.05) is 19.1 Å². The maximum absolute atomic E-state index is 14.1. The van der Waals surface area contributed by atoms with Crippen LogP contribution >= 0.6 is 0 Å². The van der Waals surface area contributed by atoms with Crippen molar-refractivity contribution < 1.29 is 66.8 Å². The third-order valence-electron chi connectivity index (χ3n) is 11.7. The van der Waals surface area contributed by atoms with E-state index in [1.54, 1.807) is 74.5 Å². The van der Waals surface area contributed by atoms with Crippen molar-refractivity contribution in [2.24, 2.45) is 0 Å². The van der Waals surface area contributed by atoms with Crippen LogP contribution in [0.5, 0.6) is 11.5 Å². The number of ether oxygens (including phenoxy) is 5. The van der Waals surface area contributed by atoms with Crippen LogP contribution in [0.15, 0.2) is 158 Å². The number of hydrogen-bond acceptors (Lipinski definition) is 14. The molecule has 2 unspecified atom stereocenters. The molecule has 4 amide bonds. The number of esters is 4. The Kier molecular flexibility index (Phi) is 20.1. The predicted octanol–water partition coefficient (Wildman–Crippen LogP) is 10.2. The van der Waals surface area contributed by atoms with E-state index < -0.39 is 53.8 Å². The fraction of sp³-hybridized carbons (Fsp3) is 0.197. The Labute approximate surface area is 456 Å². The Bertz CT molecular complexity index is 3310. The van der Waals surface area contributed by atoms with Crippen molar-refractivity contribution >= 4 is 70.4 Å². The van der Waals surface area contributed by atoms with Crippen LogP contribution < -0.4 is 26.0 Å². The quantitative estimate of drug-likeness (QED) is 0.0202. The van der Waals surface area contributed by atoms with Gasteiger partial charge in [0.1, 0.15) is 23.7 Å². The van der Waals surface area contributed by atoms with E-state index in [2.05, 4.69) is 34.4 Å². The molecule has 6 aromatic carbocycles. The highest BCUT2D eigenvalue weighted by atomic mass is 16.6. The van der Waals surface area contributed by atoms with Crippen LogP contribution in [-0.2, 0) is 28.5 Å². The lowest BCUT2D eigenvalue weighted by atomic mass is 10.0. The molecule has 0 spiro atoms. The lowest BCUT2D eigenvalue weighted by Crippen LogP contribution is -2.23. The van der Waals surface area contributed by atoms with Crippen molar-refractivity contribution in [3.8, 4) is 11.5 Å². The van der Waals surface area contributed by atoms with Crippen molar-refractivity contribution in [2.75, 3.05) is 36.2 Å². The summed E-state index contributed by atoms with van der Waals surface area (Å²) in [6.07, 6.45) is -0.903. The average Bonchev–Trinajstić information content (AvgIpc) is 3.43. The molecule has 18 nitrogen and oxygen atoms in total. The summed E-state index contributed by atoms with van der Waals surface area (Å²) in [5.41, 5.74) is 3.57. The minimum atomic E-state index is -0.886. The van der Waals surface area contributed by atoms with E-state index in [1.165, 1.54) is 81.6 Å². The van der Waals surface area contributed by atoms with E-state index in [-0.39, 0.29) is 93.9 Å². The lowest BCUT2D eigenvalue weighted by molar-refractivity contribution is -0.144. The SMILES string of the molecule is C=C(C)C(=O)OC(C)CCOC(=O)c1ccc(Oc2ccc(C(=O)OCCC(C)OC(=O)C(=C)C)c(C(=O)Nc3ccc(C(=O)Nc4ccc(C(=O)c5ccc(NC(=O)c6ccc(C)cc6)cc5)cc4)cc3)c2)cc1C(=O)NC. The van der Waals surface area contributed by atoms with E-state index in [4.69, 9.17) is 23.7 Å². The Morgan fingerprint density at radius 3 is 1.19 bits per heavy atom. The first-order valence-electron chi connectivity index (χ1n) is 24.8. The van der Waals surface area contributed by atoms with Gasteiger partial charge in [-0.15, -0.1) is 0 Å². The van der Waals surface area contributed by atoms with Gasteiger partial charge in [-0.2, -0.15) is 0 Å². The van der Waals surface area contributed by atoms with E-state index in [0.29, 0.717) is 28.1 Å². The predicted molar refractivity (Wildman–Crippen MR) is 295 cm³/mol. The summed E-state index contributed by atoms with van der Waals surface area (Å²) in [4.78, 5) is 117. The molecule has 2 atom stereocenters. The molecule has 0 saturated heterocycles. The summed E-state index contributed by atoms with van der Waals surface area (Å²) in [6, 6.07) is 33.9. The van der Waals surface area contributed by atoms with Crippen molar-refractivity contribution in [2.45, 2.75) is 59.7 Å². The van der Waals surface area contributed by atoms with Crippen LogP contribution in [0.2, 0.25) is 0 Å². The maximum Gasteiger partial charge on any atom is 0.338 e. The van der Waals surface area contributed by atoms with Gasteiger partial charge in [-0.05, 0) is 156 Å².